The van der Waals surface area contributed by atoms with E-state index < -0.39 is 0 Å². The highest BCUT2D eigenvalue weighted by atomic mass is 16.6. The van der Waals surface area contributed by atoms with Crippen molar-refractivity contribution in [1.29, 1.82) is 0 Å². The van der Waals surface area contributed by atoms with Gasteiger partial charge in [-0.05, 0) is 24.7 Å². The van der Waals surface area contributed by atoms with E-state index in [2.05, 4.69) is 13.8 Å². The summed E-state index contributed by atoms with van der Waals surface area (Å²) < 4.78 is 5.54. The van der Waals surface area contributed by atoms with Gasteiger partial charge in [-0.2, -0.15) is 0 Å². The number of hydrogen-bond acceptors (Lipinski definition) is 2. The van der Waals surface area contributed by atoms with Gasteiger partial charge in [0.2, 0.25) is 0 Å². The van der Waals surface area contributed by atoms with Gasteiger partial charge >= 0.3 is 0 Å². The van der Waals surface area contributed by atoms with Gasteiger partial charge in [0, 0.05) is 5.92 Å². The van der Waals surface area contributed by atoms with E-state index in [0.29, 0.717) is 11.3 Å². The predicted molar refractivity (Wildman–Crippen MR) is 43.7 cm³/mol. The van der Waals surface area contributed by atoms with Crippen LogP contribution in [0.5, 0.6) is 0 Å². The first kappa shape index (κ1) is 7.07. The third kappa shape index (κ3) is 0.481. The van der Waals surface area contributed by atoms with Gasteiger partial charge in [-0.1, -0.05) is 13.8 Å². The van der Waals surface area contributed by atoms with E-state index in [1.54, 1.807) is 6.92 Å². The minimum atomic E-state index is -0.311. The topological polar surface area (TPSA) is 29.6 Å². The fourth-order valence-corrected chi connectivity index (χ4v) is 3.49. The van der Waals surface area contributed by atoms with E-state index in [9.17, 15) is 4.79 Å². The van der Waals surface area contributed by atoms with Crippen LogP contribution in [0.1, 0.15) is 27.2 Å². The van der Waals surface area contributed by atoms with E-state index in [1.165, 1.54) is 0 Å². The van der Waals surface area contributed by atoms with Crippen molar-refractivity contribution < 1.29 is 9.53 Å². The molecule has 3 rings (SSSR count). The first-order valence-corrected chi connectivity index (χ1v) is 4.70. The highest BCUT2D eigenvalue weighted by Gasteiger charge is 2.84. The number of carbonyl (C=O) groups excluding carboxylic acids is 1. The van der Waals surface area contributed by atoms with Crippen molar-refractivity contribution in [1.82, 2.24) is 0 Å². The largest absolute Gasteiger partial charge is 0.357 e. The molecular weight excluding hydrogens is 152 g/mol. The minimum Gasteiger partial charge on any atom is -0.357 e. The molecule has 2 nitrogen and oxygen atoms in total. The molecule has 0 aromatic rings. The molecular formula is C10H14O2. The molecule has 4 unspecified atom stereocenters. The fourth-order valence-electron chi connectivity index (χ4n) is 3.49. The molecule has 12 heavy (non-hydrogen) atoms. The molecule has 3 fully saturated rings. The smallest absolute Gasteiger partial charge is 0.164 e. The highest BCUT2D eigenvalue weighted by Crippen LogP contribution is 2.77. The molecule has 0 aromatic heterocycles. The summed E-state index contributed by atoms with van der Waals surface area (Å²) >= 11 is 0. The molecule has 0 spiro atoms. The quantitative estimate of drug-likeness (QED) is 0.551. The van der Waals surface area contributed by atoms with Crippen LogP contribution in [0.2, 0.25) is 0 Å². The van der Waals surface area contributed by atoms with Crippen LogP contribution in [0, 0.1) is 17.3 Å². The van der Waals surface area contributed by atoms with Gasteiger partial charge in [0.15, 0.2) is 11.4 Å². The fraction of sp³-hybridized carbons (Fsp3) is 0.900. The first-order valence-electron chi connectivity index (χ1n) is 4.70. The molecule has 2 heteroatoms. The molecule has 0 N–H and O–H groups in total. The maximum absolute atomic E-state index is 11.4. The summed E-state index contributed by atoms with van der Waals surface area (Å²) in [4.78, 5) is 11.4. The number of ketones is 1. The third-order valence-corrected chi connectivity index (χ3v) is 4.29. The Labute approximate surface area is 72.3 Å². The van der Waals surface area contributed by atoms with Crippen LogP contribution in [-0.2, 0) is 9.53 Å². The van der Waals surface area contributed by atoms with Crippen molar-refractivity contribution in [2.45, 2.75) is 38.9 Å². The van der Waals surface area contributed by atoms with Gasteiger partial charge in [0.05, 0.1) is 6.10 Å². The maximum Gasteiger partial charge on any atom is 0.164 e. The highest BCUT2D eigenvalue weighted by molar-refractivity contribution is 5.90. The monoisotopic (exact) mass is 166 g/mol. The molecule has 66 valence electrons. The second-order valence-corrected chi connectivity index (χ2v) is 5.10. The Morgan fingerprint density at radius 3 is 2.58 bits per heavy atom. The lowest BCUT2D eigenvalue weighted by Crippen LogP contribution is -2.28. The van der Waals surface area contributed by atoms with Gasteiger partial charge in [-0.15, -0.1) is 0 Å². The predicted octanol–water partition coefficient (Wildman–Crippen LogP) is 1.39. The average Bonchev–Trinajstić information content (AvgIpc) is 2.73. The van der Waals surface area contributed by atoms with Crippen molar-refractivity contribution in [2.24, 2.45) is 17.3 Å². The summed E-state index contributed by atoms with van der Waals surface area (Å²) in [5.74, 6) is 1.55. The van der Waals surface area contributed by atoms with Crippen molar-refractivity contribution in [2.75, 3.05) is 0 Å². The van der Waals surface area contributed by atoms with Crippen LogP contribution in [-0.4, -0.2) is 17.5 Å². The molecule has 1 heterocycles. The summed E-state index contributed by atoms with van der Waals surface area (Å²) in [5, 5.41) is 0. The average molecular weight is 166 g/mol. The van der Waals surface area contributed by atoms with Crippen LogP contribution >= 0.6 is 0 Å². The number of Topliss-reactive ketones (excluding diaryl/α,β-unsaturated/α-hetero) is 1. The van der Waals surface area contributed by atoms with Crippen LogP contribution in [0.15, 0.2) is 0 Å². The van der Waals surface area contributed by atoms with Crippen molar-refractivity contribution in [3.63, 3.8) is 0 Å². The minimum absolute atomic E-state index is 0.255. The molecule has 3 aliphatic rings. The summed E-state index contributed by atoms with van der Waals surface area (Å²) in [5.41, 5.74) is 0.0623. The Morgan fingerprint density at radius 1 is 1.50 bits per heavy atom. The number of epoxide rings is 1. The van der Waals surface area contributed by atoms with Gasteiger partial charge in [-0.3, -0.25) is 4.79 Å². The van der Waals surface area contributed by atoms with Crippen LogP contribution in [0.3, 0.4) is 0 Å². The summed E-state index contributed by atoms with van der Waals surface area (Å²) in [6, 6.07) is 0. The van der Waals surface area contributed by atoms with E-state index in [-0.39, 0.29) is 17.5 Å². The lowest BCUT2D eigenvalue weighted by Gasteiger charge is -2.10. The Bertz CT molecular complexity index is 282. The second kappa shape index (κ2) is 1.50. The SMILES string of the molecule is CC(=O)C12OC1CC1C2C1(C)C. The second-order valence-electron chi connectivity index (χ2n) is 5.10. The number of carbonyl (C=O) groups is 1. The summed E-state index contributed by atoms with van der Waals surface area (Å²) in [7, 11) is 0. The van der Waals surface area contributed by atoms with Gasteiger partial charge < -0.3 is 4.74 Å². The van der Waals surface area contributed by atoms with Crippen molar-refractivity contribution >= 4 is 5.78 Å². The maximum atomic E-state index is 11.4. The zero-order valence-electron chi connectivity index (χ0n) is 7.76. The molecule has 0 radical (unpaired) electrons. The molecule has 2 saturated carbocycles. The molecule has 0 amide bonds. The van der Waals surface area contributed by atoms with E-state index in [0.717, 1.165) is 12.3 Å². The van der Waals surface area contributed by atoms with Gasteiger partial charge in [-0.25, -0.2) is 0 Å². The Morgan fingerprint density at radius 2 is 2.17 bits per heavy atom. The van der Waals surface area contributed by atoms with Crippen molar-refractivity contribution in [3.05, 3.63) is 0 Å². The number of fused-ring (bicyclic) bond motifs is 3. The number of hydrogen-bond donors (Lipinski definition) is 0. The van der Waals surface area contributed by atoms with Crippen LogP contribution < -0.4 is 0 Å². The molecule has 0 bridgehead atoms. The number of ether oxygens (including phenoxy) is 1. The first-order chi connectivity index (χ1) is 5.51. The van der Waals surface area contributed by atoms with Gasteiger partial charge in [0.1, 0.15) is 0 Å². The van der Waals surface area contributed by atoms with E-state index >= 15 is 0 Å². The van der Waals surface area contributed by atoms with E-state index in [4.69, 9.17) is 4.74 Å². The number of rotatable bonds is 1. The molecule has 1 saturated heterocycles. The van der Waals surface area contributed by atoms with Crippen LogP contribution in [0.4, 0.5) is 0 Å². The zero-order chi connectivity index (χ0) is 8.72. The third-order valence-electron chi connectivity index (χ3n) is 4.29. The van der Waals surface area contributed by atoms with E-state index in [1.807, 2.05) is 0 Å². The lowest BCUT2D eigenvalue weighted by molar-refractivity contribution is -0.123. The lowest BCUT2D eigenvalue weighted by atomic mass is 9.90. The Kier molecular flexibility index (Phi) is 0.885. The molecule has 2 aliphatic carbocycles. The standard InChI is InChI=1S/C10H14O2/c1-5(11)10-7(12-10)4-6-8(10)9(6,2)3/h6-8H,4H2,1-3H3. The normalized spacial score (nSPS) is 57.4. The molecule has 0 aromatic carbocycles. The van der Waals surface area contributed by atoms with Crippen molar-refractivity contribution in [3.8, 4) is 0 Å². The van der Waals surface area contributed by atoms with Gasteiger partial charge in [0.25, 0.3) is 0 Å². The Balaban J connectivity index is 1.98. The zero-order valence-corrected chi connectivity index (χ0v) is 7.76. The summed E-state index contributed by atoms with van der Waals surface area (Å²) in [6.45, 7) is 6.19. The molecule has 1 aliphatic heterocycles. The Hall–Kier alpha value is -0.370. The van der Waals surface area contributed by atoms with Crippen LogP contribution in [0.25, 0.3) is 0 Å². The summed E-state index contributed by atoms with van der Waals surface area (Å²) in [6.07, 6.45) is 1.41. The molecule has 4 atom stereocenters.